The summed E-state index contributed by atoms with van der Waals surface area (Å²) < 4.78 is 12.2. The number of piperidine rings is 1. The number of β-amino-alcohol motifs (C(OH)–C–C–N with tert-alkyl or cyclic N) is 1. The maximum atomic E-state index is 10.4. The minimum atomic E-state index is -0.936. The summed E-state index contributed by atoms with van der Waals surface area (Å²) in [5.41, 5.74) is 0.499. The molecule has 1 aliphatic heterocycles. The quantitative estimate of drug-likeness (QED) is 0.372. The van der Waals surface area contributed by atoms with Crippen molar-refractivity contribution in [1.29, 1.82) is 0 Å². The zero-order chi connectivity index (χ0) is 22.6. The molecule has 0 spiro atoms. The lowest BCUT2D eigenvalue weighted by Gasteiger charge is -2.56. The third-order valence-electron chi connectivity index (χ3n) is 8.80. The first-order chi connectivity index (χ1) is 15.5. The monoisotopic (exact) mass is 453 g/mol. The fourth-order valence-corrected chi connectivity index (χ4v) is 7.64. The lowest BCUT2D eigenvalue weighted by molar-refractivity contribution is -0.167. The van der Waals surface area contributed by atoms with Gasteiger partial charge in [0.25, 0.3) is 0 Å². The highest BCUT2D eigenvalue weighted by Crippen LogP contribution is 2.60. The van der Waals surface area contributed by atoms with Gasteiger partial charge in [0.15, 0.2) is 0 Å². The van der Waals surface area contributed by atoms with Crippen molar-refractivity contribution in [2.45, 2.75) is 102 Å². The van der Waals surface area contributed by atoms with Crippen molar-refractivity contribution in [3.63, 3.8) is 0 Å². The van der Waals surface area contributed by atoms with Gasteiger partial charge in [-0.15, -0.1) is 0 Å². The van der Waals surface area contributed by atoms with Crippen molar-refractivity contribution in [2.75, 3.05) is 39.5 Å². The molecule has 0 amide bonds. The summed E-state index contributed by atoms with van der Waals surface area (Å²) in [6, 6.07) is -0.247. The molecule has 32 heavy (non-hydrogen) atoms. The van der Waals surface area contributed by atoms with E-state index in [1.807, 2.05) is 0 Å². The molecule has 1 heterocycles. The van der Waals surface area contributed by atoms with E-state index in [1.165, 1.54) is 38.5 Å². The first kappa shape index (κ1) is 24.9. The summed E-state index contributed by atoms with van der Waals surface area (Å²) in [7, 11) is 0. The summed E-state index contributed by atoms with van der Waals surface area (Å²) in [6.07, 6.45) is 11.4. The molecule has 5 fully saturated rings. The van der Waals surface area contributed by atoms with Crippen LogP contribution in [0.5, 0.6) is 0 Å². The van der Waals surface area contributed by atoms with Gasteiger partial charge in [0.2, 0.25) is 0 Å². The summed E-state index contributed by atoms with van der Waals surface area (Å²) in [5.74, 6) is 2.95. The SMILES string of the molecule is CCCCN1C[C@H](O)[C@@H](O)[C@H](OCCCCCOCC23CC4CC(CC(C4)C2)C3)[C@H]1CO. The number of ether oxygens (including phenoxy) is 2. The molecule has 6 nitrogen and oxygen atoms in total. The number of nitrogens with zero attached hydrogens (tertiary/aromatic N) is 1. The maximum absolute atomic E-state index is 10.4. The van der Waals surface area contributed by atoms with Crippen LogP contribution in [0.25, 0.3) is 0 Å². The van der Waals surface area contributed by atoms with Crippen molar-refractivity contribution in [2.24, 2.45) is 23.2 Å². The Morgan fingerprint density at radius 3 is 2.19 bits per heavy atom. The van der Waals surface area contributed by atoms with E-state index in [0.29, 0.717) is 18.6 Å². The van der Waals surface area contributed by atoms with E-state index < -0.39 is 18.3 Å². The lowest BCUT2D eigenvalue weighted by Crippen LogP contribution is -2.63. The average Bonchev–Trinajstić information content (AvgIpc) is 2.76. The van der Waals surface area contributed by atoms with Crippen LogP contribution in [0, 0.1) is 23.2 Å². The molecule has 4 saturated carbocycles. The molecule has 4 atom stereocenters. The highest BCUT2D eigenvalue weighted by Gasteiger charge is 2.50. The molecule has 186 valence electrons. The van der Waals surface area contributed by atoms with Crippen molar-refractivity contribution in [3.8, 4) is 0 Å². The van der Waals surface area contributed by atoms with Gasteiger partial charge in [0.05, 0.1) is 25.4 Å². The van der Waals surface area contributed by atoms with Crippen LogP contribution in [0.15, 0.2) is 0 Å². The molecular weight excluding hydrogens is 406 g/mol. The minimum absolute atomic E-state index is 0.0592. The van der Waals surface area contributed by atoms with Crippen LogP contribution < -0.4 is 0 Å². The molecule has 4 bridgehead atoms. The molecular formula is C26H47NO5. The Kier molecular flexibility index (Phi) is 8.91. The van der Waals surface area contributed by atoms with E-state index in [1.54, 1.807) is 0 Å². The Morgan fingerprint density at radius 2 is 1.56 bits per heavy atom. The largest absolute Gasteiger partial charge is 0.395 e. The van der Waals surface area contributed by atoms with E-state index in [2.05, 4.69) is 11.8 Å². The van der Waals surface area contributed by atoms with Gasteiger partial charge in [-0.25, -0.2) is 0 Å². The summed E-state index contributed by atoms with van der Waals surface area (Å²) >= 11 is 0. The highest BCUT2D eigenvalue weighted by atomic mass is 16.5. The average molecular weight is 454 g/mol. The normalized spacial score (nSPS) is 41.4. The number of hydrogen-bond donors (Lipinski definition) is 3. The molecule has 0 unspecified atom stereocenters. The number of hydrogen-bond acceptors (Lipinski definition) is 6. The van der Waals surface area contributed by atoms with Crippen molar-refractivity contribution in [1.82, 2.24) is 4.90 Å². The molecule has 6 heteroatoms. The van der Waals surface area contributed by atoms with Crippen LogP contribution >= 0.6 is 0 Å². The van der Waals surface area contributed by atoms with Crippen LogP contribution in [-0.2, 0) is 9.47 Å². The van der Waals surface area contributed by atoms with Gasteiger partial charge in [-0.05, 0) is 93.9 Å². The van der Waals surface area contributed by atoms with Gasteiger partial charge in [-0.2, -0.15) is 0 Å². The number of rotatable bonds is 13. The van der Waals surface area contributed by atoms with Gasteiger partial charge in [-0.1, -0.05) is 13.3 Å². The summed E-state index contributed by atoms with van der Waals surface area (Å²) in [4.78, 5) is 2.07. The molecule has 0 aromatic carbocycles. The third-order valence-corrected chi connectivity index (χ3v) is 8.80. The minimum Gasteiger partial charge on any atom is -0.395 e. The molecule has 0 aromatic rings. The van der Waals surface area contributed by atoms with Gasteiger partial charge in [-0.3, -0.25) is 4.90 Å². The second-order valence-electron chi connectivity index (χ2n) is 11.5. The van der Waals surface area contributed by atoms with E-state index in [0.717, 1.165) is 69.6 Å². The Labute approximate surface area is 194 Å². The maximum Gasteiger partial charge on any atom is 0.109 e. The Morgan fingerprint density at radius 1 is 0.906 bits per heavy atom. The number of aliphatic hydroxyl groups excluding tert-OH is 3. The fraction of sp³-hybridized carbons (Fsp3) is 1.00. The fourth-order valence-electron chi connectivity index (χ4n) is 7.64. The van der Waals surface area contributed by atoms with Gasteiger partial charge in [0, 0.05) is 19.8 Å². The molecule has 4 aliphatic carbocycles. The molecule has 0 radical (unpaired) electrons. The molecule has 1 saturated heterocycles. The second kappa shape index (κ2) is 11.5. The Bertz CT molecular complexity index is 537. The lowest BCUT2D eigenvalue weighted by atomic mass is 9.50. The standard InChI is InChI=1S/C26H47NO5/c1-2-3-7-27-16-23(29)24(30)25(22(27)17-28)32-9-6-4-5-8-31-18-26-13-19-10-20(14-26)12-21(11-19)15-26/h19-25,28-30H,2-18H2,1H3/t19?,20?,21?,22-,23+,24-,25-,26?/m1/s1. The summed E-state index contributed by atoms with van der Waals surface area (Å²) in [5, 5.41) is 30.6. The smallest absolute Gasteiger partial charge is 0.109 e. The molecule has 5 aliphatic rings. The summed E-state index contributed by atoms with van der Waals surface area (Å²) in [6.45, 7) is 5.61. The van der Waals surface area contributed by atoms with Crippen LogP contribution in [-0.4, -0.2) is 84.1 Å². The van der Waals surface area contributed by atoms with Gasteiger partial charge >= 0.3 is 0 Å². The van der Waals surface area contributed by atoms with Crippen LogP contribution in [0.4, 0.5) is 0 Å². The first-order valence-electron chi connectivity index (χ1n) is 13.4. The number of unbranched alkanes of at least 4 members (excludes halogenated alkanes) is 3. The van der Waals surface area contributed by atoms with Crippen LogP contribution in [0.3, 0.4) is 0 Å². The molecule has 3 N–H and O–H groups in total. The van der Waals surface area contributed by atoms with Crippen molar-refractivity contribution < 1.29 is 24.8 Å². The van der Waals surface area contributed by atoms with Crippen LogP contribution in [0.2, 0.25) is 0 Å². The van der Waals surface area contributed by atoms with E-state index >= 15 is 0 Å². The van der Waals surface area contributed by atoms with E-state index in [4.69, 9.17) is 9.47 Å². The predicted molar refractivity (Wildman–Crippen MR) is 124 cm³/mol. The van der Waals surface area contributed by atoms with Gasteiger partial charge in [0.1, 0.15) is 12.2 Å². The zero-order valence-electron chi connectivity index (χ0n) is 20.2. The second-order valence-corrected chi connectivity index (χ2v) is 11.5. The van der Waals surface area contributed by atoms with E-state index in [9.17, 15) is 15.3 Å². The van der Waals surface area contributed by atoms with Crippen molar-refractivity contribution in [3.05, 3.63) is 0 Å². The third kappa shape index (κ3) is 5.87. The molecule has 0 aromatic heterocycles. The molecule has 5 rings (SSSR count). The topological polar surface area (TPSA) is 82.4 Å². The van der Waals surface area contributed by atoms with Gasteiger partial charge < -0.3 is 24.8 Å². The Balaban J connectivity index is 1.11. The predicted octanol–water partition coefficient (Wildman–Crippen LogP) is 2.97. The Hall–Kier alpha value is -0.240. The van der Waals surface area contributed by atoms with Crippen LogP contribution in [0.1, 0.15) is 77.6 Å². The first-order valence-corrected chi connectivity index (χ1v) is 13.4. The van der Waals surface area contributed by atoms with E-state index in [-0.39, 0.29) is 12.6 Å². The van der Waals surface area contributed by atoms with Crippen molar-refractivity contribution >= 4 is 0 Å². The zero-order valence-corrected chi connectivity index (χ0v) is 20.2. The number of likely N-dealkylation sites (tertiary alicyclic amines) is 1. The number of aliphatic hydroxyl groups is 3. The highest BCUT2D eigenvalue weighted by molar-refractivity contribution is 5.01.